The van der Waals surface area contributed by atoms with Gasteiger partial charge in [-0.05, 0) is 26.3 Å². The molecule has 2 aromatic rings. The van der Waals surface area contributed by atoms with E-state index in [4.69, 9.17) is 4.52 Å². The van der Waals surface area contributed by atoms with Gasteiger partial charge in [-0.25, -0.2) is 0 Å². The Morgan fingerprint density at radius 1 is 1.30 bits per heavy atom. The number of Topliss-reactive ketones (excluding diaryl/α,β-unsaturated/α-hetero) is 1. The Labute approximate surface area is 118 Å². The summed E-state index contributed by atoms with van der Waals surface area (Å²) in [5.74, 6) is 0.516. The largest absolute Gasteiger partial charge is 0.386 e. The summed E-state index contributed by atoms with van der Waals surface area (Å²) < 4.78 is 5.30. The predicted molar refractivity (Wildman–Crippen MR) is 76.5 cm³/mol. The molecule has 2 rings (SSSR count). The molecule has 0 bridgehead atoms. The predicted octanol–water partition coefficient (Wildman–Crippen LogP) is 3.47. The van der Waals surface area contributed by atoms with Gasteiger partial charge in [-0.3, -0.25) is 4.79 Å². The molecule has 1 aromatic carbocycles. The minimum atomic E-state index is -0.891. The summed E-state index contributed by atoms with van der Waals surface area (Å²) in [4.78, 5) is 12.0. The number of nitrogens with zero attached hydrogens (tertiary/aromatic N) is 1. The molecule has 0 radical (unpaired) electrons. The van der Waals surface area contributed by atoms with Crippen LogP contribution in [0.1, 0.15) is 48.8 Å². The van der Waals surface area contributed by atoms with Gasteiger partial charge in [0, 0.05) is 12.0 Å². The first-order chi connectivity index (χ1) is 9.34. The van der Waals surface area contributed by atoms with Crippen LogP contribution < -0.4 is 0 Å². The second-order valence-corrected chi connectivity index (χ2v) is 5.39. The molecule has 1 aromatic heterocycles. The molecule has 0 saturated carbocycles. The van der Waals surface area contributed by atoms with E-state index in [0.717, 1.165) is 11.1 Å². The fraction of sp³-hybridized carbons (Fsp3) is 0.375. The van der Waals surface area contributed by atoms with E-state index in [2.05, 4.69) is 5.16 Å². The number of aliphatic hydroxyl groups is 1. The molecule has 0 amide bonds. The van der Waals surface area contributed by atoms with Gasteiger partial charge in [0.15, 0.2) is 11.5 Å². The Morgan fingerprint density at radius 3 is 2.40 bits per heavy atom. The van der Waals surface area contributed by atoms with Crippen molar-refractivity contribution in [1.29, 1.82) is 0 Å². The molecule has 1 N–H and O–H groups in total. The summed E-state index contributed by atoms with van der Waals surface area (Å²) in [6, 6.07) is 7.32. The van der Waals surface area contributed by atoms with Gasteiger partial charge in [0.25, 0.3) is 0 Å². The van der Waals surface area contributed by atoms with E-state index in [9.17, 15) is 9.90 Å². The van der Waals surface area contributed by atoms with Gasteiger partial charge in [-0.15, -0.1) is 0 Å². The molecule has 4 nitrogen and oxygen atoms in total. The molecule has 4 heteroatoms. The first-order valence-electron chi connectivity index (χ1n) is 6.67. The Bertz CT molecular complexity index is 618. The van der Waals surface area contributed by atoms with Crippen molar-refractivity contribution < 1.29 is 14.4 Å². The molecule has 0 unspecified atom stereocenters. The van der Waals surface area contributed by atoms with E-state index in [1.807, 2.05) is 31.2 Å². The molecule has 0 aliphatic carbocycles. The number of aromatic nitrogens is 1. The van der Waals surface area contributed by atoms with E-state index in [0.29, 0.717) is 23.4 Å². The summed E-state index contributed by atoms with van der Waals surface area (Å²) in [5, 5.41) is 13.8. The first kappa shape index (κ1) is 14.5. The highest BCUT2D eigenvalue weighted by Crippen LogP contribution is 2.29. The quantitative estimate of drug-likeness (QED) is 0.866. The van der Waals surface area contributed by atoms with Gasteiger partial charge < -0.3 is 9.63 Å². The topological polar surface area (TPSA) is 63.3 Å². The summed E-state index contributed by atoms with van der Waals surface area (Å²) >= 11 is 0. The van der Waals surface area contributed by atoms with Gasteiger partial charge in [-0.2, -0.15) is 0 Å². The Balaban J connectivity index is 2.45. The maximum atomic E-state index is 12.0. The summed E-state index contributed by atoms with van der Waals surface area (Å²) in [6.45, 7) is 7.04. The van der Waals surface area contributed by atoms with E-state index < -0.39 is 5.60 Å². The lowest BCUT2D eigenvalue weighted by molar-refractivity contribution is 0.0786. The molecular formula is C16H19NO3. The molecule has 20 heavy (non-hydrogen) atoms. The minimum Gasteiger partial charge on any atom is -0.386 e. The van der Waals surface area contributed by atoms with Crippen molar-refractivity contribution >= 4 is 5.78 Å². The summed E-state index contributed by atoms with van der Waals surface area (Å²) in [6.07, 6.45) is 0.414. The molecule has 0 aliphatic rings. The van der Waals surface area contributed by atoms with E-state index >= 15 is 0 Å². The average molecular weight is 273 g/mol. The number of aryl methyl sites for hydroxylation is 1. The normalized spacial score (nSPS) is 11.7. The molecular weight excluding hydrogens is 254 g/mol. The van der Waals surface area contributed by atoms with Crippen LogP contribution in [0.15, 0.2) is 28.8 Å². The first-order valence-corrected chi connectivity index (χ1v) is 6.67. The zero-order chi connectivity index (χ0) is 14.9. The third-order valence-electron chi connectivity index (χ3n) is 3.32. The van der Waals surface area contributed by atoms with Crippen molar-refractivity contribution in [3.63, 3.8) is 0 Å². The number of benzene rings is 1. The van der Waals surface area contributed by atoms with Crippen LogP contribution >= 0.6 is 0 Å². The van der Waals surface area contributed by atoms with Gasteiger partial charge in [-0.1, -0.05) is 36.3 Å². The lowest BCUT2D eigenvalue weighted by atomic mass is 9.95. The number of rotatable bonds is 4. The van der Waals surface area contributed by atoms with Crippen molar-refractivity contribution in [3.8, 4) is 11.3 Å². The fourth-order valence-electron chi connectivity index (χ4n) is 2.10. The Hall–Kier alpha value is -1.94. The summed E-state index contributed by atoms with van der Waals surface area (Å²) in [5.41, 5.74) is 1.86. The molecule has 106 valence electrons. The van der Waals surface area contributed by atoms with Crippen LogP contribution in [0.25, 0.3) is 11.3 Å². The minimum absolute atomic E-state index is 0.0188. The van der Waals surface area contributed by atoms with Crippen molar-refractivity contribution in [3.05, 3.63) is 41.1 Å². The Kier molecular flexibility index (Phi) is 3.77. The van der Waals surface area contributed by atoms with Crippen molar-refractivity contribution in [1.82, 2.24) is 5.16 Å². The maximum Gasteiger partial charge on any atom is 0.177 e. The molecule has 0 atom stereocenters. The van der Waals surface area contributed by atoms with E-state index in [-0.39, 0.29) is 5.78 Å². The highest BCUT2D eigenvalue weighted by molar-refractivity contribution is 6.01. The van der Waals surface area contributed by atoms with Crippen LogP contribution in [-0.2, 0) is 5.60 Å². The van der Waals surface area contributed by atoms with Crippen LogP contribution in [0.4, 0.5) is 0 Å². The lowest BCUT2D eigenvalue weighted by Crippen LogP contribution is -2.14. The van der Waals surface area contributed by atoms with Gasteiger partial charge >= 0.3 is 0 Å². The number of carbonyl (C=O) groups excluding carboxylic acids is 1. The smallest absolute Gasteiger partial charge is 0.177 e. The van der Waals surface area contributed by atoms with Gasteiger partial charge in [0.2, 0.25) is 0 Å². The van der Waals surface area contributed by atoms with Crippen molar-refractivity contribution in [2.75, 3.05) is 0 Å². The van der Waals surface area contributed by atoms with Crippen molar-refractivity contribution in [2.24, 2.45) is 0 Å². The molecule has 0 fully saturated rings. The lowest BCUT2D eigenvalue weighted by Gasteiger charge is -2.17. The fourth-order valence-corrected chi connectivity index (χ4v) is 2.10. The maximum absolute atomic E-state index is 12.0. The molecule has 0 aliphatic heterocycles. The van der Waals surface area contributed by atoms with Crippen LogP contribution in [0.2, 0.25) is 0 Å². The van der Waals surface area contributed by atoms with Crippen LogP contribution in [0, 0.1) is 6.92 Å². The number of ketones is 1. The number of hydrogen-bond acceptors (Lipinski definition) is 4. The Morgan fingerprint density at radius 2 is 1.90 bits per heavy atom. The zero-order valence-electron chi connectivity index (χ0n) is 12.2. The summed E-state index contributed by atoms with van der Waals surface area (Å²) in [7, 11) is 0. The highest BCUT2D eigenvalue weighted by atomic mass is 16.5. The monoisotopic (exact) mass is 273 g/mol. The number of carbonyl (C=O) groups is 1. The SMILES string of the molecule is CCC(=O)c1c(C)noc1-c1ccc(C(C)(C)O)cc1. The van der Waals surface area contributed by atoms with Crippen LogP contribution in [-0.4, -0.2) is 16.0 Å². The van der Waals surface area contributed by atoms with E-state index in [1.165, 1.54) is 0 Å². The molecule has 0 spiro atoms. The molecule has 1 heterocycles. The third-order valence-corrected chi connectivity index (χ3v) is 3.32. The molecule has 0 saturated heterocycles. The van der Waals surface area contributed by atoms with Gasteiger partial charge in [0.1, 0.15) is 0 Å². The van der Waals surface area contributed by atoms with Crippen LogP contribution in [0.3, 0.4) is 0 Å². The second-order valence-electron chi connectivity index (χ2n) is 5.39. The van der Waals surface area contributed by atoms with Gasteiger partial charge in [0.05, 0.1) is 16.9 Å². The number of hydrogen-bond donors (Lipinski definition) is 1. The van der Waals surface area contributed by atoms with Crippen LogP contribution in [0.5, 0.6) is 0 Å². The highest BCUT2D eigenvalue weighted by Gasteiger charge is 2.21. The third kappa shape index (κ3) is 2.65. The average Bonchev–Trinajstić information content (AvgIpc) is 2.79. The zero-order valence-corrected chi connectivity index (χ0v) is 12.2. The standard InChI is InChI=1S/C16H19NO3/c1-5-13(18)14-10(2)17-20-15(14)11-6-8-12(9-7-11)16(3,4)19/h6-9,19H,5H2,1-4H3. The van der Waals surface area contributed by atoms with E-state index in [1.54, 1.807) is 20.8 Å². The van der Waals surface area contributed by atoms with Crippen molar-refractivity contribution in [2.45, 2.75) is 39.7 Å². The second kappa shape index (κ2) is 5.21.